The fourth-order valence-corrected chi connectivity index (χ4v) is 3.11. The molecule has 1 N–H and O–H groups in total. The molecule has 0 saturated carbocycles. The summed E-state index contributed by atoms with van der Waals surface area (Å²) in [5, 5.41) is 10.5. The summed E-state index contributed by atoms with van der Waals surface area (Å²) >= 11 is 0. The number of benzene rings is 2. The van der Waals surface area contributed by atoms with Crippen molar-refractivity contribution in [3.63, 3.8) is 0 Å². The Morgan fingerprint density at radius 1 is 1.09 bits per heavy atom. The third-order valence-electron chi connectivity index (χ3n) is 4.94. The molecule has 4 aromatic rings. The lowest BCUT2D eigenvalue weighted by molar-refractivity contribution is 0.0906. The molecule has 2 aromatic carbocycles. The van der Waals surface area contributed by atoms with Crippen molar-refractivity contribution >= 4 is 5.91 Å². The molecule has 0 saturated heterocycles. The maximum Gasteiger partial charge on any atom is 0.351 e. The molecule has 0 radical (unpaired) electrons. The van der Waals surface area contributed by atoms with Crippen LogP contribution in [0, 0.1) is 0 Å². The van der Waals surface area contributed by atoms with Crippen molar-refractivity contribution < 1.29 is 18.8 Å². The molecule has 0 aliphatic rings. The third kappa shape index (κ3) is 4.28. The van der Waals surface area contributed by atoms with Crippen molar-refractivity contribution in [3.8, 4) is 28.7 Å². The highest BCUT2D eigenvalue weighted by molar-refractivity contribution is 5.89. The number of nitrogens with zero attached hydrogens (tertiary/aromatic N) is 5. The predicted octanol–water partition coefficient (Wildman–Crippen LogP) is 0.928. The van der Waals surface area contributed by atoms with E-state index >= 15 is 0 Å². The maximum absolute atomic E-state index is 12.6. The number of methoxy groups -OCH3 is 2. The van der Waals surface area contributed by atoms with E-state index in [1.807, 2.05) is 0 Å². The van der Waals surface area contributed by atoms with E-state index in [1.165, 1.54) is 21.3 Å². The van der Waals surface area contributed by atoms with Gasteiger partial charge in [0.1, 0.15) is 11.5 Å². The minimum Gasteiger partial charge on any atom is -0.497 e. The summed E-state index contributed by atoms with van der Waals surface area (Å²) in [4.78, 5) is 41.7. The Morgan fingerprint density at radius 3 is 2.56 bits per heavy atom. The maximum atomic E-state index is 12.6. The van der Waals surface area contributed by atoms with Crippen LogP contribution in [0.25, 0.3) is 17.2 Å². The fraction of sp³-hybridized carbons (Fsp3) is 0.182. The van der Waals surface area contributed by atoms with Crippen LogP contribution in [0.2, 0.25) is 0 Å². The zero-order valence-corrected chi connectivity index (χ0v) is 18.5. The smallest absolute Gasteiger partial charge is 0.351 e. The van der Waals surface area contributed by atoms with Gasteiger partial charge in [-0.15, -0.1) is 0 Å². The van der Waals surface area contributed by atoms with Crippen LogP contribution in [-0.2, 0) is 13.6 Å². The largest absolute Gasteiger partial charge is 0.497 e. The number of carbonyl (C=O) groups is 1. The average molecular weight is 464 g/mol. The number of amides is 1. The Balaban J connectivity index is 1.59. The first kappa shape index (κ1) is 22.5. The van der Waals surface area contributed by atoms with Crippen molar-refractivity contribution in [2.45, 2.75) is 6.54 Å². The summed E-state index contributed by atoms with van der Waals surface area (Å²) in [5.41, 5.74) is -0.477. The van der Waals surface area contributed by atoms with Crippen LogP contribution in [0.15, 0.2) is 62.6 Å². The van der Waals surface area contributed by atoms with E-state index in [2.05, 4.69) is 20.6 Å². The van der Waals surface area contributed by atoms with Gasteiger partial charge in [-0.1, -0.05) is 23.4 Å². The molecule has 0 fully saturated rings. The Hall–Kier alpha value is -4.74. The van der Waals surface area contributed by atoms with E-state index < -0.39 is 17.2 Å². The van der Waals surface area contributed by atoms with E-state index in [9.17, 15) is 14.4 Å². The molecule has 0 atom stereocenters. The molecule has 0 aliphatic heterocycles. The highest BCUT2D eigenvalue weighted by Crippen LogP contribution is 2.24. The third-order valence-corrected chi connectivity index (χ3v) is 4.94. The quantitative estimate of drug-likeness (QED) is 0.422. The first-order chi connectivity index (χ1) is 16.4. The second kappa shape index (κ2) is 9.40. The van der Waals surface area contributed by atoms with Crippen molar-refractivity contribution in [1.82, 2.24) is 29.8 Å². The van der Waals surface area contributed by atoms with Crippen LogP contribution in [0.4, 0.5) is 0 Å². The van der Waals surface area contributed by atoms with Crippen molar-refractivity contribution in [3.05, 3.63) is 80.8 Å². The summed E-state index contributed by atoms with van der Waals surface area (Å²) in [7, 11) is 4.36. The molecule has 0 bridgehead atoms. The summed E-state index contributed by atoms with van der Waals surface area (Å²) in [6.07, 6.45) is 0. The number of hydrogen-bond donors (Lipinski definition) is 1. The van der Waals surface area contributed by atoms with Crippen molar-refractivity contribution in [1.29, 1.82) is 0 Å². The Morgan fingerprint density at radius 2 is 1.85 bits per heavy atom. The SMILES string of the molecule is COc1ccc(CNC(=O)c2nc(-c3nn(-c4ccccc4)c(=O)n(C)c3=O)no2)c(OC)c1. The molecule has 2 aromatic heterocycles. The lowest BCUT2D eigenvalue weighted by atomic mass is 10.2. The number of ether oxygens (including phenoxy) is 2. The number of aromatic nitrogens is 5. The van der Waals surface area contributed by atoms with Gasteiger partial charge in [0.25, 0.3) is 5.56 Å². The molecular weight excluding hydrogens is 444 g/mol. The molecular formula is C22H20N6O6. The van der Waals surface area contributed by atoms with Gasteiger partial charge in [-0.2, -0.15) is 14.8 Å². The lowest BCUT2D eigenvalue weighted by Crippen LogP contribution is -2.40. The number of para-hydroxylation sites is 1. The summed E-state index contributed by atoms with van der Waals surface area (Å²) in [6.45, 7) is 0.114. The molecule has 4 rings (SSSR count). The first-order valence-electron chi connectivity index (χ1n) is 10.0. The van der Waals surface area contributed by atoms with Gasteiger partial charge >= 0.3 is 17.5 Å². The molecule has 0 unspecified atom stereocenters. The Labute approximate surface area is 192 Å². The highest BCUT2D eigenvalue weighted by atomic mass is 16.5. The van der Waals surface area contributed by atoms with E-state index in [-0.39, 0.29) is 24.0 Å². The normalized spacial score (nSPS) is 10.7. The molecule has 2 heterocycles. The van der Waals surface area contributed by atoms with Crippen LogP contribution in [0.1, 0.15) is 16.2 Å². The molecule has 12 heteroatoms. The monoisotopic (exact) mass is 464 g/mol. The molecule has 174 valence electrons. The zero-order valence-electron chi connectivity index (χ0n) is 18.5. The minimum atomic E-state index is -0.729. The van der Waals surface area contributed by atoms with Crippen LogP contribution >= 0.6 is 0 Å². The van der Waals surface area contributed by atoms with E-state index in [4.69, 9.17) is 14.0 Å². The van der Waals surface area contributed by atoms with Gasteiger partial charge in [0.05, 0.1) is 19.9 Å². The van der Waals surface area contributed by atoms with Crippen molar-refractivity contribution in [2.24, 2.45) is 7.05 Å². The van der Waals surface area contributed by atoms with Gasteiger partial charge in [0.15, 0.2) is 5.69 Å². The number of rotatable bonds is 7. The van der Waals surface area contributed by atoms with Gasteiger partial charge in [0, 0.05) is 25.2 Å². The fourth-order valence-electron chi connectivity index (χ4n) is 3.11. The molecule has 12 nitrogen and oxygen atoms in total. The van der Waals surface area contributed by atoms with Crippen LogP contribution in [0.5, 0.6) is 11.5 Å². The average Bonchev–Trinajstić information content (AvgIpc) is 3.36. The first-order valence-corrected chi connectivity index (χ1v) is 10.0. The highest BCUT2D eigenvalue weighted by Gasteiger charge is 2.22. The lowest BCUT2D eigenvalue weighted by Gasteiger charge is -2.10. The summed E-state index contributed by atoms with van der Waals surface area (Å²) < 4.78 is 17.4. The Bertz CT molecular complexity index is 1460. The summed E-state index contributed by atoms with van der Waals surface area (Å²) in [6, 6.07) is 13.7. The predicted molar refractivity (Wildman–Crippen MR) is 119 cm³/mol. The van der Waals surface area contributed by atoms with Crippen LogP contribution < -0.4 is 26.0 Å². The molecule has 34 heavy (non-hydrogen) atoms. The number of nitrogens with one attached hydrogen (secondary N) is 1. The summed E-state index contributed by atoms with van der Waals surface area (Å²) in [5.74, 6) is -0.118. The van der Waals surface area contributed by atoms with E-state index in [0.717, 1.165) is 9.25 Å². The molecule has 1 amide bonds. The zero-order chi connectivity index (χ0) is 24.2. The number of carbonyl (C=O) groups excluding carboxylic acids is 1. The van der Waals surface area contributed by atoms with Gasteiger partial charge in [-0.3, -0.25) is 14.2 Å². The van der Waals surface area contributed by atoms with Crippen molar-refractivity contribution in [2.75, 3.05) is 14.2 Å². The molecule has 0 spiro atoms. The van der Waals surface area contributed by atoms with Gasteiger partial charge in [0.2, 0.25) is 5.82 Å². The standard InChI is InChI=1S/C22H20N6O6/c1-27-21(30)17(25-28(22(27)31)14-7-5-4-6-8-14)18-24-20(34-26-18)19(29)23-12-13-9-10-15(32-2)11-16(13)33-3/h4-11H,12H2,1-3H3,(H,23,29). The molecule has 0 aliphatic carbocycles. The van der Waals surface area contributed by atoms with Crippen LogP contribution in [0.3, 0.4) is 0 Å². The van der Waals surface area contributed by atoms with Crippen LogP contribution in [-0.4, -0.2) is 44.6 Å². The topological polar surface area (TPSA) is 143 Å². The van der Waals surface area contributed by atoms with Gasteiger partial charge in [-0.25, -0.2) is 4.79 Å². The number of hydrogen-bond acceptors (Lipinski definition) is 9. The van der Waals surface area contributed by atoms with Gasteiger partial charge in [-0.05, 0) is 24.3 Å². The van der Waals surface area contributed by atoms with E-state index in [1.54, 1.807) is 48.5 Å². The Kier molecular flexibility index (Phi) is 6.21. The minimum absolute atomic E-state index is 0.114. The second-order valence-electron chi connectivity index (χ2n) is 7.03. The van der Waals surface area contributed by atoms with E-state index in [0.29, 0.717) is 22.7 Å². The second-order valence-corrected chi connectivity index (χ2v) is 7.03. The van der Waals surface area contributed by atoms with Gasteiger partial charge < -0.3 is 19.3 Å².